The van der Waals surface area contributed by atoms with Crippen molar-refractivity contribution in [2.24, 2.45) is 0 Å². The largest absolute Gasteiger partial charge is 0.573 e. The molecule has 55 heavy (non-hydrogen) atoms. The fraction of sp³-hybridized carbons (Fsp3) is 0.341. The standard InChI is InChI=1S/C38H38F4N2O5.C6H12/c1-5-6-30(25-7-9-27(10-8-25)36(47)43-18-17-33(45)46)35(26-11-14-29(15-12-26)49-38(40,41)42)37(48)44-32-16-13-28(21-31(32)39)34-23(3)19-22(2)20-24(34)4;1-4-5-6(2)3/h7-16,19-21,30,35H,5-6,17-18H2,1-4H3,(H,43,47)(H,44,48)(H,45,46);5H,4H2,1-3H3. The number of nitrogens with one attached hydrogen (secondary N) is 2. The number of hydrogen-bond donors (Lipinski definition) is 3. The van der Waals surface area contributed by atoms with Gasteiger partial charge in [0.25, 0.3) is 5.91 Å². The summed E-state index contributed by atoms with van der Waals surface area (Å²) in [6.45, 7) is 14.1. The van der Waals surface area contributed by atoms with E-state index in [1.165, 1.54) is 36.3 Å². The first kappa shape index (κ1) is 44.0. The summed E-state index contributed by atoms with van der Waals surface area (Å²) in [5.74, 6) is -4.70. The Balaban J connectivity index is 0.00000125. The minimum Gasteiger partial charge on any atom is -0.481 e. The van der Waals surface area contributed by atoms with Crippen LogP contribution in [0.2, 0.25) is 0 Å². The van der Waals surface area contributed by atoms with E-state index in [1.54, 1.807) is 30.3 Å². The molecule has 2 unspecified atom stereocenters. The van der Waals surface area contributed by atoms with Gasteiger partial charge in [0.15, 0.2) is 0 Å². The maximum Gasteiger partial charge on any atom is 0.573 e. The third-order valence-electron chi connectivity index (χ3n) is 8.79. The maximum absolute atomic E-state index is 15.6. The van der Waals surface area contributed by atoms with Gasteiger partial charge in [-0.15, -0.1) is 13.2 Å². The summed E-state index contributed by atoms with van der Waals surface area (Å²) in [6.07, 6.45) is -0.664. The molecular formula is C44H50F4N2O5. The Morgan fingerprint density at radius 2 is 1.45 bits per heavy atom. The van der Waals surface area contributed by atoms with Crippen molar-refractivity contribution in [1.82, 2.24) is 5.32 Å². The number of anilines is 1. The Hall–Kier alpha value is -5.45. The van der Waals surface area contributed by atoms with E-state index in [0.717, 1.165) is 34.4 Å². The van der Waals surface area contributed by atoms with E-state index >= 15 is 4.39 Å². The smallest absolute Gasteiger partial charge is 0.481 e. The van der Waals surface area contributed by atoms with E-state index < -0.39 is 47.5 Å². The number of carboxylic acid groups (broad SMARTS) is 1. The Kier molecular flexibility index (Phi) is 16.2. The first-order chi connectivity index (χ1) is 25.9. The quantitative estimate of drug-likeness (QED) is 0.0876. The predicted octanol–water partition coefficient (Wildman–Crippen LogP) is 11.2. The molecule has 0 heterocycles. The zero-order valence-corrected chi connectivity index (χ0v) is 32.4. The summed E-state index contributed by atoms with van der Waals surface area (Å²) in [5, 5.41) is 14.1. The Labute approximate surface area is 320 Å². The number of alkyl halides is 3. The Bertz CT molecular complexity index is 1930. The summed E-state index contributed by atoms with van der Waals surface area (Å²) in [6, 6.07) is 20.1. The average molecular weight is 763 g/mol. The van der Waals surface area contributed by atoms with E-state index in [0.29, 0.717) is 29.5 Å². The number of aryl methyl sites for hydroxylation is 3. The second-order valence-corrected chi connectivity index (χ2v) is 13.7. The van der Waals surface area contributed by atoms with Crippen LogP contribution in [-0.4, -0.2) is 35.8 Å². The van der Waals surface area contributed by atoms with Gasteiger partial charge in [-0.05, 0) is 123 Å². The highest BCUT2D eigenvalue weighted by Gasteiger charge is 2.33. The molecule has 11 heteroatoms. The minimum atomic E-state index is -4.90. The van der Waals surface area contributed by atoms with Gasteiger partial charge in [0.1, 0.15) is 11.6 Å². The molecule has 3 N–H and O–H groups in total. The highest BCUT2D eigenvalue weighted by Crippen LogP contribution is 2.39. The van der Waals surface area contributed by atoms with Crippen LogP contribution < -0.4 is 15.4 Å². The number of allylic oxidation sites excluding steroid dienone is 2. The number of amides is 2. The van der Waals surface area contributed by atoms with Crippen LogP contribution in [0.25, 0.3) is 11.1 Å². The van der Waals surface area contributed by atoms with Crippen LogP contribution >= 0.6 is 0 Å². The lowest BCUT2D eigenvalue weighted by atomic mass is 9.78. The van der Waals surface area contributed by atoms with Gasteiger partial charge in [0.2, 0.25) is 5.91 Å². The molecule has 4 aromatic carbocycles. The molecule has 2 amide bonds. The van der Waals surface area contributed by atoms with Gasteiger partial charge in [0, 0.05) is 12.1 Å². The zero-order chi connectivity index (χ0) is 40.9. The fourth-order valence-electron chi connectivity index (χ4n) is 6.57. The van der Waals surface area contributed by atoms with Crippen LogP contribution in [-0.2, 0) is 9.59 Å². The van der Waals surface area contributed by atoms with Crippen LogP contribution in [0.3, 0.4) is 0 Å². The van der Waals surface area contributed by atoms with E-state index in [-0.39, 0.29) is 24.2 Å². The third kappa shape index (κ3) is 13.4. The van der Waals surface area contributed by atoms with Crippen molar-refractivity contribution in [1.29, 1.82) is 0 Å². The molecule has 2 atom stereocenters. The van der Waals surface area contributed by atoms with Crippen molar-refractivity contribution in [3.63, 3.8) is 0 Å². The fourth-order valence-corrected chi connectivity index (χ4v) is 6.57. The van der Waals surface area contributed by atoms with Gasteiger partial charge in [-0.2, -0.15) is 0 Å². The van der Waals surface area contributed by atoms with Crippen molar-refractivity contribution >= 4 is 23.5 Å². The normalized spacial score (nSPS) is 12.1. The van der Waals surface area contributed by atoms with Crippen LogP contribution in [0.5, 0.6) is 5.75 Å². The number of carbonyl (C=O) groups excluding carboxylic acids is 2. The maximum atomic E-state index is 15.6. The van der Waals surface area contributed by atoms with Crippen molar-refractivity contribution in [2.45, 2.75) is 92.3 Å². The zero-order valence-electron chi connectivity index (χ0n) is 32.4. The number of carboxylic acids is 1. The van der Waals surface area contributed by atoms with Crippen LogP contribution in [0.1, 0.15) is 103 Å². The molecule has 0 radical (unpaired) electrons. The summed E-state index contributed by atoms with van der Waals surface area (Å²) in [4.78, 5) is 37.4. The van der Waals surface area contributed by atoms with Gasteiger partial charge >= 0.3 is 12.3 Å². The van der Waals surface area contributed by atoms with E-state index in [2.05, 4.69) is 42.2 Å². The molecule has 4 rings (SSSR count). The number of aliphatic carboxylic acids is 1. The topological polar surface area (TPSA) is 105 Å². The minimum absolute atomic E-state index is 0.0492. The Morgan fingerprint density at radius 3 is 1.95 bits per heavy atom. The molecule has 7 nitrogen and oxygen atoms in total. The van der Waals surface area contributed by atoms with Crippen molar-refractivity contribution < 1.29 is 41.8 Å². The second kappa shape index (κ2) is 20.3. The van der Waals surface area contributed by atoms with Crippen LogP contribution in [0, 0.1) is 26.6 Å². The summed E-state index contributed by atoms with van der Waals surface area (Å²) >= 11 is 0. The van der Waals surface area contributed by atoms with Crippen LogP contribution in [0.15, 0.2) is 90.5 Å². The molecule has 0 saturated carbocycles. The summed E-state index contributed by atoms with van der Waals surface area (Å²) < 4.78 is 58.3. The highest BCUT2D eigenvalue weighted by molar-refractivity contribution is 5.97. The van der Waals surface area contributed by atoms with Gasteiger partial charge in [-0.1, -0.05) is 79.9 Å². The molecule has 0 aliphatic carbocycles. The number of rotatable bonds is 14. The van der Waals surface area contributed by atoms with Crippen LogP contribution in [0.4, 0.5) is 23.2 Å². The third-order valence-corrected chi connectivity index (χ3v) is 8.79. The second-order valence-electron chi connectivity index (χ2n) is 13.7. The highest BCUT2D eigenvalue weighted by atomic mass is 19.4. The first-order valence-electron chi connectivity index (χ1n) is 18.2. The lowest BCUT2D eigenvalue weighted by Gasteiger charge is -2.28. The number of benzene rings is 4. The predicted molar refractivity (Wildman–Crippen MR) is 209 cm³/mol. The van der Waals surface area contributed by atoms with E-state index in [9.17, 15) is 27.6 Å². The molecule has 0 aliphatic rings. The molecule has 0 fully saturated rings. The average Bonchev–Trinajstić information content (AvgIpc) is 3.09. The Morgan fingerprint density at radius 1 is 0.855 bits per heavy atom. The molecule has 0 saturated heterocycles. The summed E-state index contributed by atoms with van der Waals surface area (Å²) in [5.41, 5.74) is 7.28. The monoisotopic (exact) mass is 762 g/mol. The number of ether oxygens (including phenoxy) is 1. The molecular weight excluding hydrogens is 712 g/mol. The molecule has 4 aromatic rings. The van der Waals surface area contributed by atoms with Crippen molar-refractivity contribution in [2.75, 3.05) is 11.9 Å². The molecule has 0 aliphatic heterocycles. The van der Waals surface area contributed by atoms with Crippen molar-refractivity contribution in [3.8, 4) is 16.9 Å². The van der Waals surface area contributed by atoms with E-state index in [1.807, 2.05) is 39.8 Å². The molecule has 0 spiro atoms. The van der Waals surface area contributed by atoms with Gasteiger partial charge in [-0.25, -0.2) is 4.39 Å². The van der Waals surface area contributed by atoms with Crippen molar-refractivity contribution in [3.05, 3.63) is 130 Å². The molecule has 0 aromatic heterocycles. The SMILES string of the molecule is CCC=C(C)C.CCCC(c1ccc(C(=O)NCCC(=O)O)cc1)C(C(=O)Nc1ccc(-c2c(C)cc(C)cc2C)cc1F)c1ccc(OC(F)(F)F)cc1. The number of hydrogen-bond acceptors (Lipinski definition) is 4. The van der Waals surface area contributed by atoms with Gasteiger partial charge in [0.05, 0.1) is 18.0 Å². The summed E-state index contributed by atoms with van der Waals surface area (Å²) in [7, 11) is 0. The van der Waals surface area contributed by atoms with Gasteiger partial charge < -0.3 is 20.5 Å². The lowest BCUT2D eigenvalue weighted by Crippen LogP contribution is -2.28. The number of carbonyl (C=O) groups is 3. The number of halogens is 4. The molecule has 0 bridgehead atoms. The van der Waals surface area contributed by atoms with Gasteiger partial charge in [-0.3, -0.25) is 14.4 Å². The van der Waals surface area contributed by atoms with E-state index in [4.69, 9.17) is 5.11 Å². The molecule has 294 valence electrons. The lowest BCUT2D eigenvalue weighted by molar-refractivity contribution is -0.274. The first-order valence-corrected chi connectivity index (χ1v) is 18.2.